The minimum atomic E-state index is -0.267. The molecule has 0 saturated carbocycles. The Morgan fingerprint density at radius 1 is 1.25 bits per heavy atom. The van der Waals surface area contributed by atoms with Crippen LogP contribution in [0.25, 0.3) is 6.08 Å². The molecule has 0 unspecified atom stereocenters. The maximum Gasteiger partial charge on any atom is 0.321 e. The van der Waals surface area contributed by atoms with Gasteiger partial charge in [-0.05, 0) is 42.0 Å². The summed E-state index contributed by atoms with van der Waals surface area (Å²) < 4.78 is 18.4. The van der Waals surface area contributed by atoms with E-state index in [0.717, 1.165) is 5.56 Å². The summed E-state index contributed by atoms with van der Waals surface area (Å²) in [5, 5.41) is 3.11. The van der Waals surface area contributed by atoms with Crippen molar-refractivity contribution >= 4 is 29.4 Å². The molecule has 0 aromatic heterocycles. The van der Waals surface area contributed by atoms with Crippen LogP contribution in [-0.4, -0.2) is 31.6 Å². The molecule has 2 aromatic rings. The number of carbonyl (C=O) groups excluding carboxylic acids is 1. The number of hydrogen-bond acceptors (Lipinski definition) is 2. The van der Waals surface area contributed by atoms with Crippen molar-refractivity contribution in [2.75, 3.05) is 26.0 Å². The molecule has 2 amide bonds. The van der Waals surface area contributed by atoms with Gasteiger partial charge < -0.3 is 15.0 Å². The second-order valence-electron chi connectivity index (χ2n) is 5.23. The van der Waals surface area contributed by atoms with Gasteiger partial charge in [0, 0.05) is 19.8 Å². The highest BCUT2D eigenvalue weighted by molar-refractivity contribution is 6.32. The third-order valence-electron chi connectivity index (χ3n) is 3.10. The lowest BCUT2D eigenvalue weighted by molar-refractivity contribution is 0.230. The number of hydrogen-bond donors (Lipinski definition) is 1. The number of benzene rings is 2. The van der Waals surface area contributed by atoms with Crippen LogP contribution in [-0.2, 0) is 0 Å². The van der Waals surface area contributed by atoms with Crippen molar-refractivity contribution < 1.29 is 13.9 Å². The number of ether oxygens (including phenoxy) is 1. The summed E-state index contributed by atoms with van der Waals surface area (Å²) in [5.74, 6) is 0.250. The molecule has 0 spiro atoms. The van der Waals surface area contributed by atoms with E-state index < -0.39 is 0 Å². The summed E-state index contributed by atoms with van der Waals surface area (Å²) in [4.78, 5) is 13.0. The van der Waals surface area contributed by atoms with Gasteiger partial charge in [-0.3, -0.25) is 0 Å². The Morgan fingerprint density at radius 3 is 2.58 bits per heavy atom. The minimum absolute atomic E-state index is 0.234. The summed E-state index contributed by atoms with van der Waals surface area (Å²) >= 11 is 6.15. The summed E-state index contributed by atoms with van der Waals surface area (Å²) in [7, 11) is 3.31. The highest BCUT2D eigenvalue weighted by atomic mass is 35.5. The quantitative estimate of drug-likeness (QED) is 0.853. The molecule has 2 aromatic carbocycles. The van der Waals surface area contributed by atoms with Gasteiger partial charge in [0.25, 0.3) is 0 Å². The van der Waals surface area contributed by atoms with E-state index >= 15 is 0 Å². The summed E-state index contributed by atoms with van der Waals surface area (Å²) in [6, 6.07) is 11.0. The molecule has 4 nitrogen and oxygen atoms in total. The number of nitrogens with one attached hydrogen (secondary N) is 1. The van der Waals surface area contributed by atoms with Crippen LogP contribution in [0.5, 0.6) is 5.75 Å². The Labute approximate surface area is 145 Å². The molecule has 0 aliphatic rings. The van der Waals surface area contributed by atoms with Crippen molar-refractivity contribution in [3.05, 3.63) is 64.9 Å². The van der Waals surface area contributed by atoms with E-state index in [0.29, 0.717) is 23.1 Å². The largest absolute Gasteiger partial charge is 0.488 e. The molecule has 0 heterocycles. The van der Waals surface area contributed by atoms with Crippen molar-refractivity contribution in [1.29, 1.82) is 0 Å². The average molecular weight is 349 g/mol. The lowest BCUT2D eigenvalue weighted by Crippen LogP contribution is -2.27. The zero-order valence-corrected chi connectivity index (χ0v) is 14.2. The first-order valence-corrected chi connectivity index (χ1v) is 7.66. The summed E-state index contributed by atoms with van der Waals surface area (Å²) in [6.45, 7) is 0.320. The second-order valence-corrected chi connectivity index (χ2v) is 5.64. The van der Waals surface area contributed by atoms with Gasteiger partial charge in [-0.25, -0.2) is 9.18 Å². The van der Waals surface area contributed by atoms with Gasteiger partial charge in [0.1, 0.15) is 18.2 Å². The van der Waals surface area contributed by atoms with Gasteiger partial charge in [0.2, 0.25) is 0 Å². The number of anilines is 1. The lowest BCUT2D eigenvalue weighted by atomic mass is 10.2. The van der Waals surface area contributed by atoms with Gasteiger partial charge in [0.15, 0.2) is 0 Å². The van der Waals surface area contributed by atoms with Crippen LogP contribution in [0.2, 0.25) is 5.02 Å². The van der Waals surface area contributed by atoms with Crippen molar-refractivity contribution in [2.24, 2.45) is 0 Å². The SMILES string of the molecule is CN(C)C(=O)Nc1ccc(OCC=Cc2ccc(F)cc2)c(Cl)c1. The molecular formula is C18H18ClFN2O2. The maximum atomic E-state index is 12.8. The van der Waals surface area contributed by atoms with E-state index in [1.807, 2.05) is 12.2 Å². The van der Waals surface area contributed by atoms with E-state index in [2.05, 4.69) is 5.32 Å². The molecular weight excluding hydrogens is 331 g/mol. The molecule has 0 fully saturated rings. The third kappa shape index (κ3) is 5.28. The van der Waals surface area contributed by atoms with Crippen LogP contribution in [0.4, 0.5) is 14.9 Å². The molecule has 126 valence electrons. The Kier molecular flexibility index (Phi) is 6.21. The molecule has 0 saturated heterocycles. The number of urea groups is 1. The van der Waals surface area contributed by atoms with E-state index in [4.69, 9.17) is 16.3 Å². The number of halogens is 2. The van der Waals surface area contributed by atoms with Crippen molar-refractivity contribution in [2.45, 2.75) is 0 Å². The van der Waals surface area contributed by atoms with Gasteiger partial charge in [-0.1, -0.05) is 29.8 Å². The van der Waals surface area contributed by atoms with Crippen LogP contribution in [0.1, 0.15) is 5.56 Å². The van der Waals surface area contributed by atoms with E-state index in [-0.39, 0.29) is 11.8 Å². The number of rotatable bonds is 5. The molecule has 0 bridgehead atoms. The maximum absolute atomic E-state index is 12.8. The van der Waals surface area contributed by atoms with Gasteiger partial charge in [-0.2, -0.15) is 0 Å². The molecule has 0 atom stereocenters. The standard InChI is InChI=1S/C18H18ClFN2O2/c1-22(2)18(23)21-15-9-10-17(16(19)12-15)24-11-3-4-13-5-7-14(20)8-6-13/h3-10,12H,11H2,1-2H3,(H,21,23). The fraction of sp³-hybridized carbons (Fsp3) is 0.167. The van der Waals surface area contributed by atoms with Crippen LogP contribution in [0, 0.1) is 5.82 Å². The Bertz CT molecular complexity index is 730. The van der Waals surface area contributed by atoms with Crippen LogP contribution >= 0.6 is 11.6 Å². The first kappa shape index (κ1) is 17.8. The lowest BCUT2D eigenvalue weighted by Gasteiger charge is -2.13. The van der Waals surface area contributed by atoms with Crippen molar-refractivity contribution in [3.63, 3.8) is 0 Å². The zero-order chi connectivity index (χ0) is 17.5. The Hall–Kier alpha value is -2.53. The van der Waals surface area contributed by atoms with Crippen LogP contribution in [0.3, 0.4) is 0 Å². The van der Waals surface area contributed by atoms with Gasteiger partial charge >= 0.3 is 6.03 Å². The minimum Gasteiger partial charge on any atom is -0.488 e. The zero-order valence-electron chi connectivity index (χ0n) is 13.4. The topological polar surface area (TPSA) is 41.6 Å². The molecule has 6 heteroatoms. The number of amides is 2. The molecule has 0 aliphatic heterocycles. The smallest absolute Gasteiger partial charge is 0.321 e. The molecule has 0 aliphatic carbocycles. The van der Waals surface area contributed by atoms with Crippen LogP contribution < -0.4 is 10.1 Å². The van der Waals surface area contributed by atoms with Gasteiger partial charge in [0.05, 0.1) is 5.02 Å². The first-order chi connectivity index (χ1) is 11.5. The van der Waals surface area contributed by atoms with Crippen LogP contribution in [0.15, 0.2) is 48.5 Å². The van der Waals surface area contributed by atoms with E-state index in [1.165, 1.54) is 17.0 Å². The average Bonchev–Trinajstić information content (AvgIpc) is 2.54. The highest BCUT2D eigenvalue weighted by Gasteiger charge is 2.07. The summed E-state index contributed by atoms with van der Waals surface area (Å²) in [5.41, 5.74) is 1.47. The van der Waals surface area contributed by atoms with Crippen molar-refractivity contribution in [1.82, 2.24) is 4.90 Å². The predicted octanol–water partition coefficient (Wildman–Crippen LogP) is 4.66. The molecule has 24 heavy (non-hydrogen) atoms. The highest BCUT2D eigenvalue weighted by Crippen LogP contribution is 2.27. The van der Waals surface area contributed by atoms with E-state index in [1.54, 1.807) is 44.4 Å². The monoisotopic (exact) mass is 348 g/mol. The third-order valence-corrected chi connectivity index (χ3v) is 3.40. The summed E-state index contributed by atoms with van der Waals surface area (Å²) in [6.07, 6.45) is 3.64. The Balaban J connectivity index is 1.91. The molecule has 1 N–H and O–H groups in total. The predicted molar refractivity (Wildman–Crippen MR) is 95.1 cm³/mol. The Morgan fingerprint density at radius 2 is 1.96 bits per heavy atom. The molecule has 0 radical (unpaired) electrons. The fourth-order valence-electron chi connectivity index (χ4n) is 1.83. The fourth-order valence-corrected chi connectivity index (χ4v) is 2.06. The van der Waals surface area contributed by atoms with Gasteiger partial charge in [-0.15, -0.1) is 0 Å². The first-order valence-electron chi connectivity index (χ1n) is 7.28. The normalized spacial score (nSPS) is 10.7. The van der Waals surface area contributed by atoms with Crippen molar-refractivity contribution in [3.8, 4) is 5.75 Å². The van der Waals surface area contributed by atoms with E-state index in [9.17, 15) is 9.18 Å². The number of carbonyl (C=O) groups is 1. The number of nitrogens with zero attached hydrogens (tertiary/aromatic N) is 1. The second kappa shape index (κ2) is 8.36. The molecule has 2 rings (SSSR count).